The van der Waals surface area contributed by atoms with Crippen molar-refractivity contribution in [3.05, 3.63) is 10.5 Å². The zero-order chi connectivity index (χ0) is 15.2. The molecule has 1 aliphatic carbocycles. The molecule has 1 atom stereocenters. The van der Waals surface area contributed by atoms with E-state index in [1.165, 1.54) is 24.6 Å². The third-order valence-corrected chi connectivity index (χ3v) is 4.90. The van der Waals surface area contributed by atoms with Crippen molar-refractivity contribution in [1.82, 2.24) is 20.1 Å². The third kappa shape index (κ3) is 4.36. The molecule has 1 heterocycles. The van der Waals surface area contributed by atoms with Gasteiger partial charge in [0.15, 0.2) is 5.16 Å². The maximum atomic E-state index is 12.2. The lowest BCUT2D eigenvalue weighted by atomic mass is 10.2. The fraction of sp³-hybridized carbons (Fsp3) is 0.786. The van der Waals surface area contributed by atoms with Gasteiger partial charge < -0.3 is 5.32 Å². The maximum Gasteiger partial charge on any atom is 0.343 e. The Hall–Kier alpha value is -1.24. The van der Waals surface area contributed by atoms with Gasteiger partial charge >= 0.3 is 5.69 Å². The quantitative estimate of drug-likeness (QED) is 0.754. The van der Waals surface area contributed by atoms with Crippen LogP contribution < -0.4 is 11.0 Å². The van der Waals surface area contributed by atoms with Crippen LogP contribution in [0.2, 0.25) is 0 Å². The summed E-state index contributed by atoms with van der Waals surface area (Å²) in [4.78, 5) is 23.9. The van der Waals surface area contributed by atoms with E-state index in [1.54, 1.807) is 4.57 Å². The van der Waals surface area contributed by atoms with Crippen LogP contribution in [0.5, 0.6) is 0 Å². The number of hydrogen-bond donors (Lipinski definition) is 2. The maximum absolute atomic E-state index is 12.2. The summed E-state index contributed by atoms with van der Waals surface area (Å²) in [5.41, 5.74) is -0.200. The molecule has 118 valence electrons. The van der Waals surface area contributed by atoms with Crippen LogP contribution in [0.25, 0.3) is 0 Å². The minimum absolute atomic E-state index is 0.0318. The van der Waals surface area contributed by atoms with Crippen LogP contribution in [-0.2, 0) is 11.3 Å². The minimum Gasteiger partial charge on any atom is -0.352 e. The Morgan fingerprint density at radius 1 is 1.52 bits per heavy atom. The molecule has 6 nitrogen and oxygen atoms in total. The summed E-state index contributed by atoms with van der Waals surface area (Å²) < 4.78 is 1.62. The molecular formula is C14H24N4O2S. The highest BCUT2D eigenvalue weighted by Gasteiger charge is 2.23. The Kier molecular flexibility index (Phi) is 5.90. The average Bonchev–Trinajstić information content (AvgIpc) is 3.08. The second-order valence-electron chi connectivity index (χ2n) is 5.57. The van der Waals surface area contributed by atoms with Gasteiger partial charge in [0.2, 0.25) is 5.91 Å². The minimum atomic E-state index is -0.249. The second kappa shape index (κ2) is 7.68. The highest BCUT2D eigenvalue weighted by molar-refractivity contribution is 8.00. The van der Waals surface area contributed by atoms with Gasteiger partial charge in [-0.05, 0) is 26.2 Å². The van der Waals surface area contributed by atoms with Crippen LogP contribution in [0.3, 0.4) is 0 Å². The largest absolute Gasteiger partial charge is 0.352 e. The molecule has 1 aliphatic rings. The van der Waals surface area contributed by atoms with Crippen molar-refractivity contribution in [3.63, 3.8) is 0 Å². The summed E-state index contributed by atoms with van der Waals surface area (Å²) in [6.45, 7) is 4.58. The van der Waals surface area contributed by atoms with Crippen molar-refractivity contribution in [1.29, 1.82) is 0 Å². The topological polar surface area (TPSA) is 79.8 Å². The highest BCUT2D eigenvalue weighted by atomic mass is 32.2. The number of amides is 1. The van der Waals surface area contributed by atoms with Crippen molar-refractivity contribution in [2.45, 2.75) is 75.4 Å². The molecule has 2 N–H and O–H groups in total. The van der Waals surface area contributed by atoms with Gasteiger partial charge in [-0.1, -0.05) is 37.9 Å². The molecule has 1 fully saturated rings. The van der Waals surface area contributed by atoms with E-state index < -0.39 is 0 Å². The molecule has 1 aromatic heterocycles. The standard InChI is InChI=1S/C14H24N4O2S/c1-3-4-9-18-13(20)16-17-14(18)21-10(2)12(19)15-11-7-5-6-8-11/h10-11H,3-9H2,1-2H3,(H,15,19)(H,16,20). The molecule has 0 aromatic carbocycles. The van der Waals surface area contributed by atoms with Crippen LogP contribution in [-0.4, -0.2) is 32.0 Å². The number of H-pyrrole nitrogens is 1. The van der Waals surface area contributed by atoms with Gasteiger partial charge in [0.25, 0.3) is 0 Å². The van der Waals surface area contributed by atoms with Gasteiger partial charge in [-0.15, -0.1) is 5.10 Å². The SMILES string of the molecule is CCCCn1c(SC(C)C(=O)NC2CCCC2)n[nH]c1=O. The number of hydrogen-bond acceptors (Lipinski definition) is 4. The Balaban J connectivity index is 1.93. The summed E-state index contributed by atoms with van der Waals surface area (Å²) in [6, 6.07) is 0.321. The van der Waals surface area contributed by atoms with Gasteiger partial charge in [-0.2, -0.15) is 0 Å². The van der Waals surface area contributed by atoms with E-state index in [1.807, 2.05) is 6.92 Å². The van der Waals surface area contributed by atoms with E-state index in [0.717, 1.165) is 25.7 Å². The molecule has 1 saturated carbocycles. The second-order valence-corrected chi connectivity index (χ2v) is 6.87. The Morgan fingerprint density at radius 2 is 2.24 bits per heavy atom. The van der Waals surface area contributed by atoms with E-state index in [9.17, 15) is 9.59 Å². The Bertz CT molecular complexity index is 519. The number of thioether (sulfide) groups is 1. The lowest BCUT2D eigenvalue weighted by molar-refractivity contribution is -0.120. The molecule has 0 spiro atoms. The van der Waals surface area contributed by atoms with Crippen molar-refractivity contribution in [3.8, 4) is 0 Å². The van der Waals surface area contributed by atoms with Crippen LogP contribution >= 0.6 is 11.8 Å². The number of aromatic nitrogens is 3. The average molecular weight is 312 g/mol. The van der Waals surface area contributed by atoms with Crippen LogP contribution in [0, 0.1) is 0 Å². The lowest BCUT2D eigenvalue weighted by Crippen LogP contribution is -2.37. The zero-order valence-electron chi connectivity index (χ0n) is 12.7. The number of rotatable bonds is 7. The van der Waals surface area contributed by atoms with E-state index >= 15 is 0 Å². The van der Waals surface area contributed by atoms with Crippen LogP contribution in [0.1, 0.15) is 52.4 Å². The summed E-state index contributed by atoms with van der Waals surface area (Å²) in [5.74, 6) is 0.0318. The number of unbranched alkanes of at least 4 members (excludes halogenated alkanes) is 1. The summed E-state index contributed by atoms with van der Waals surface area (Å²) in [7, 11) is 0. The fourth-order valence-corrected chi connectivity index (χ4v) is 3.40. The molecule has 21 heavy (non-hydrogen) atoms. The number of carbonyl (C=O) groups is 1. The fourth-order valence-electron chi connectivity index (χ4n) is 2.51. The molecule has 0 aliphatic heterocycles. The van der Waals surface area contributed by atoms with Gasteiger partial charge in [0, 0.05) is 12.6 Å². The molecule has 1 amide bonds. The molecule has 0 bridgehead atoms. The summed E-state index contributed by atoms with van der Waals surface area (Å²) in [6.07, 6.45) is 6.49. The molecule has 2 rings (SSSR count). The first-order valence-electron chi connectivity index (χ1n) is 7.74. The van der Waals surface area contributed by atoms with Crippen molar-refractivity contribution in [2.24, 2.45) is 0 Å². The van der Waals surface area contributed by atoms with Crippen LogP contribution in [0.4, 0.5) is 0 Å². The van der Waals surface area contributed by atoms with Gasteiger partial charge in [0.1, 0.15) is 0 Å². The van der Waals surface area contributed by atoms with Crippen LogP contribution in [0.15, 0.2) is 9.95 Å². The van der Waals surface area contributed by atoms with E-state index in [4.69, 9.17) is 0 Å². The van der Waals surface area contributed by atoms with Crippen molar-refractivity contribution < 1.29 is 4.79 Å². The molecule has 1 unspecified atom stereocenters. The Morgan fingerprint density at radius 3 is 2.90 bits per heavy atom. The van der Waals surface area contributed by atoms with Gasteiger partial charge in [-0.25, -0.2) is 9.89 Å². The predicted molar refractivity (Wildman–Crippen MR) is 83.5 cm³/mol. The molecular weight excluding hydrogens is 288 g/mol. The number of carbonyl (C=O) groups excluding carboxylic acids is 1. The van der Waals surface area contributed by atoms with Crippen molar-refractivity contribution in [2.75, 3.05) is 0 Å². The first-order valence-corrected chi connectivity index (χ1v) is 8.62. The van der Waals surface area contributed by atoms with E-state index in [2.05, 4.69) is 22.4 Å². The summed E-state index contributed by atoms with van der Waals surface area (Å²) >= 11 is 1.34. The first-order chi connectivity index (χ1) is 10.1. The first kappa shape index (κ1) is 16.1. The molecule has 7 heteroatoms. The lowest BCUT2D eigenvalue weighted by Gasteiger charge is -2.16. The zero-order valence-corrected chi connectivity index (χ0v) is 13.5. The van der Waals surface area contributed by atoms with Gasteiger partial charge in [-0.3, -0.25) is 9.36 Å². The number of nitrogens with one attached hydrogen (secondary N) is 2. The highest BCUT2D eigenvalue weighted by Crippen LogP contribution is 2.22. The summed E-state index contributed by atoms with van der Waals surface area (Å²) in [5, 5.41) is 9.93. The normalized spacial score (nSPS) is 17.0. The van der Waals surface area contributed by atoms with E-state index in [-0.39, 0.29) is 16.8 Å². The smallest absolute Gasteiger partial charge is 0.343 e. The van der Waals surface area contributed by atoms with E-state index in [0.29, 0.717) is 17.7 Å². The monoisotopic (exact) mass is 312 g/mol. The molecule has 1 aromatic rings. The van der Waals surface area contributed by atoms with Gasteiger partial charge in [0.05, 0.1) is 5.25 Å². The predicted octanol–water partition coefficient (Wildman–Crippen LogP) is 1.91. The van der Waals surface area contributed by atoms with Crippen molar-refractivity contribution >= 4 is 17.7 Å². The Labute approximate surface area is 129 Å². The third-order valence-electron chi connectivity index (χ3n) is 3.81. The molecule has 0 saturated heterocycles. The number of nitrogens with zero attached hydrogens (tertiary/aromatic N) is 2. The molecule has 0 radical (unpaired) electrons. The number of aromatic amines is 1.